The molecular formula is C9H7N3O3S. The number of carboxylic acid groups (broad SMARTS) is 1. The highest BCUT2D eigenvalue weighted by molar-refractivity contribution is 7.08. The van der Waals surface area contributed by atoms with Crippen molar-refractivity contribution in [3.63, 3.8) is 0 Å². The summed E-state index contributed by atoms with van der Waals surface area (Å²) in [6.07, 6.45) is 0. The topological polar surface area (TPSA) is 109 Å². The quantitative estimate of drug-likeness (QED) is 0.715. The van der Waals surface area contributed by atoms with Crippen molar-refractivity contribution in [2.45, 2.75) is 0 Å². The van der Waals surface area contributed by atoms with Crippen LogP contribution in [0.1, 0.15) is 10.4 Å². The smallest absolute Gasteiger partial charge is 0.340 e. The van der Waals surface area contributed by atoms with E-state index in [1.165, 1.54) is 11.3 Å². The molecule has 0 aliphatic rings. The zero-order chi connectivity index (χ0) is 11.7. The molecule has 2 rings (SSSR count). The Labute approximate surface area is 93.4 Å². The molecule has 0 atom stereocenters. The lowest BCUT2D eigenvalue weighted by atomic mass is 10.1. The predicted octanol–water partition coefficient (Wildman–Crippen LogP) is 0.779. The number of H-pyrrole nitrogens is 1. The Balaban J connectivity index is 2.76. The Morgan fingerprint density at radius 1 is 1.56 bits per heavy atom. The van der Waals surface area contributed by atoms with Crippen molar-refractivity contribution in [3.8, 4) is 11.3 Å². The van der Waals surface area contributed by atoms with E-state index in [2.05, 4.69) is 10.2 Å². The minimum atomic E-state index is -1.27. The van der Waals surface area contributed by atoms with Crippen LogP contribution < -0.4 is 11.3 Å². The van der Waals surface area contributed by atoms with Crippen LogP contribution in [0.3, 0.4) is 0 Å². The molecule has 7 heteroatoms. The predicted molar refractivity (Wildman–Crippen MR) is 59.5 cm³/mol. The van der Waals surface area contributed by atoms with E-state index in [4.69, 9.17) is 10.8 Å². The van der Waals surface area contributed by atoms with Crippen LogP contribution in [0.2, 0.25) is 0 Å². The molecule has 0 fully saturated rings. The number of aromatic carboxylic acids is 1. The molecule has 0 unspecified atom stereocenters. The second kappa shape index (κ2) is 3.78. The molecule has 4 N–H and O–H groups in total. The van der Waals surface area contributed by atoms with Crippen LogP contribution in [0.15, 0.2) is 21.6 Å². The second-order valence-corrected chi connectivity index (χ2v) is 3.79. The molecule has 82 valence electrons. The minimum absolute atomic E-state index is 0.172. The first-order valence-corrected chi connectivity index (χ1v) is 5.19. The van der Waals surface area contributed by atoms with Crippen LogP contribution in [-0.4, -0.2) is 21.3 Å². The van der Waals surface area contributed by atoms with Gasteiger partial charge in [0.15, 0.2) is 0 Å². The molecule has 0 spiro atoms. The lowest BCUT2D eigenvalue weighted by Crippen LogP contribution is -2.20. The maximum absolute atomic E-state index is 11.2. The number of thiophene rings is 1. The van der Waals surface area contributed by atoms with E-state index >= 15 is 0 Å². The number of nitrogen functional groups attached to an aromatic ring is 1. The normalized spacial score (nSPS) is 10.2. The average molecular weight is 237 g/mol. The van der Waals surface area contributed by atoms with Crippen molar-refractivity contribution in [2.24, 2.45) is 0 Å². The third-order valence-electron chi connectivity index (χ3n) is 2.03. The van der Waals surface area contributed by atoms with Crippen LogP contribution in [0.25, 0.3) is 11.3 Å². The van der Waals surface area contributed by atoms with Gasteiger partial charge in [0.1, 0.15) is 16.9 Å². The number of carbonyl (C=O) groups is 1. The molecule has 6 nitrogen and oxygen atoms in total. The molecule has 16 heavy (non-hydrogen) atoms. The SMILES string of the molecule is Nc1c(C(=O)O)c(-c2ccsc2)n[nH]c1=O. The van der Waals surface area contributed by atoms with Gasteiger partial charge < -0.3 is 10.8 Å². The van der Waals surface area contributed by atoms with Crippen molar-refractivity contribution >= 4 is 23.0 Å². The molecule has 0 aliphatic carbocycles. The number of hydrogen-bond acceptors (Lipinski definition) is 5. The first kappa shape index (κ1) is 10.4. The number of rotatable bonds is 2. The summed E-state index contributed by atoms with van der Waals surface area (Å²) in [4.78, 5) is 22.2. The number of aromatic amines is 1. The first-order valence-electron chi connectivity index (χ1n) is 4.25. The van der Waals surface area contributed by atoms with E-state index in [-0.39, 0.29) is 16.9 Å². The summed E-state index contributed by atoms with van der Waals surface area (Å²) in [5, 5.41) is 18.4. The fourth-order valence-corrected chi connectivity index (χ4v) is 1.93. The van der Waals surface area contributed by atoms with Gasteiger partial charge in [-0.25, -0.2) is 9.89 Å². The van der Waals surface area contributed by atoms with Gasteiger partial charge in [-0.3, -0.25) is 4.79 Å². The van der Waals surface area contributed by atoms with E-state index in [0.29, 0.717) is 5.56 Å². The standard InChI is InChI=1S/C9H7N3O3S/c10-6-5(9(14)15)7(11-12-8(6)13)4-1-2-16-3-4/h1-3H,(H2,10,11)(H,12,13)(H,14,15). The highest BCUT2D eigenvalue weighted by atomic mass is 32.1. The fraction of sp³-hybridized carbons (Fsp3) is 0. The molecular weight excluding hydrogens is 230 g/mol. The van der Waals surface area contributed by atoms with Crippen LogP contribution >= 0.6 is 11.3 Å². The Hall–Kier alpha value is -2.15. The molecule has 0 bridgehead atoms. The number of carboxylic acids is 1. The van der Waals surface area contributed by atoms with Crippen LogP contribution in [0.4, 0.5) is 5.69 Å². The summed E-state index contributed by atoms with van der Waals surface area (Å²) >= 11 is 1.40. The van der Waals surface area contributed by atoms with Crippen molar-refractivity contribution in [2.75, 3.05) is 5.73 Å². The summed E-state index contributed by atoms with van der Waals surface area (Å²) in [5.74, 6) is -1.27. The Morgan fingerprint density at radius 3 is 2.88 bits per heavy atom. The number of hydrogen-bond donors (Lipinski definition) is 3. The van der Waals surface area contributed by atoms with E-state index in [9.17, 15) is 9.59 Å². The molecule has 2 aromatic heterocycles. The summed E-state index contributed by atoms with van der Waals surface area (Å²) < 4.78 is 0. The summed E-state index contributed by atoms with van der Waals surface area (Å²) in [6.45, 7) is 0. The summed E-state index contributed by atoms with van der Waals surface area (Å²) in [5.41, 5.74) is 4.93. The Kier molecular flexibility index (Phi) is 2.45. The van der Waals surface area contributed by atoms with Crippen LogP contribution in [0, 0.1) is 0 Å². The number of nitrogens with two attached hydrogens (primary N) is 1. The van der Waals surface area contributed by atoms with Gasteiger partial charge in [-0.2, -0.15) is 16.4 Å². The van der Waals surface area contributed by atoms with Crippen molar-refractivity contribution in [3.05, 3.63) is 32.7 Å². The van der Waals surface area contributed by atoms with E-state index in [1.54, 1.807) is 16.8 Å². The van der Waals surface area contributed by atoms with E-state index in [1.807, 2.05) is 0 Å². The van der Waals surface area contributed by atoms with Gasteiger partial charge >= 0.3 is 5.97 Å². The van der Waals surface area contributed by atoms with Gasteiger partial charge in [0.2, 0.25) is 0 Å². The van der Waals surface area contributed by atoms with Crippen molar-refractivity contribution < 1.29 is 9.90 Å². The van der Waals surface area contributed by atoms with E-state index < -0.39 is 11.5 Å². The Bertz CT molecular complexity index is 589. The molecule has 0 aliphatic heterocycles. The lowest BCUT2D eigenvalue weighted by Gasteiger charge is -2.04. The highest BCUT2D eigenvalue weighted by Gasteiger charge is 2.19. The first-order chi connectivity index (χ1) is 7.61. The maximum atomic E-state index is 11.2. The zero-order valence-corrected chi connectivity index (χ0v) is 8.75. The third-order valence-corrected chi connectivity index (χ3v) is 2.71. The maximum Gasteiger partial charge on any atom is 0.340 e. The molecule has 0 aromatic carbocycles. The lowest BCUT2D eigenvalue weighted by molar-refractivity contribution is 0.0698. The molecule has 0 saturated heterocycles. The van der Waals surface area contributed by atoms with Gasteiger partial charge in [0, 0.05) is 10.9 Å². The molecule has 2 heterocycles. The largest absolute Gasteiger partial charge is 0.478 e. The minimum Gasteiger partial charge on any atom is -0.478 e. The van der Waals surface area contributed by atoms with Gasteiger partial charge in [0.05, 0.1) is 0 Å². The third kappa shape index (κ3) is 1.57. The molecule has 0 amide bonds. The zero-order valence-electron chi connectivity index (χ0n) is 7.93. The summed E-state index contributed by atoms with van der Waals surface area (Å²) in [7, 11) is 0. The monoisotopic (exact) mass is 237 g/mol. The second-order valence-electron chi connectivity index (χ2n) is 3.01. The summed E-state index contributed by atoms with van der Waals surface area (Å²) in [6, 6.07) is 1.71. The molecule has 0 saturated carbocycles. The Morgan fingerprint density at radius 2 is 2.31 bits per heavy atom. The number of anilines is 1. The molecule has 2 aromatic rings. The van der Waals surface area contributed by atoms with Gasteiger partial charge in [0.25, 0.3) is 5.56 Å². The van der Waals surface area contributed by atoms with Crippen LogP contribution in [-0.2, 0) is 0 Å². The average Bonchev–Trinajstić information content (AvgIpc) is 2.74. The van der Waals surface area contributed by atoms with Crippen LogP contribution in [0.5, 0.6) is 0 Å². The number of nitrogens with zero attached hydrogens (tertiary/aromatic N) is 1. The fourth-order valence-electron chi connectivity index (χ4n) is 1.29. The number of nitrogens with one attached hydrogen (secondary N) is 1. The van der Waals surface area contributed by atoms with E-state index in [0.717, 1.165) is 0 Å². The van der Waals surface area contributed by atoms with Crippen molar-refractivity contribution in [1.82, 2.24) is 10.2 Å². The van der Waals surface area contributed by atoms with Gasteiger partial charge in [-0.05, 0) is 11.4 Å². The molecule has 0 radical (unpaired) electrons. The van der Waals surface area contributed by atoms with Gasteiger partial charge in [-0.1, -0.05) is 0 Å². The number of aromatic nitrogens is 2. The van der Waals surface area contributed by atoms with Crippen molar-refractivity contribution in [1.29, 1.82) is 0 Å². The highest BCUT2D eigenvalue weighted by Crippen LogP contribution is 2.24. The van der Waals surface area contributed by atoms with Gasteiger partial charge in [-0.15, -0.1) is 0 Å².